The van der Waals surface area contributed by atoms with E-state index >= 15 is 0 Å². The van der Waals surface area contributed by atoms with Crippen LogP contribution < -0.4 is 0 Å². The second-order valence-electron chi connectivity index (χ2n) is 5.03. The van der Waals surface area contributed by atoms with Crippen molar-refractivity contribution in [2.24, 2.45) is 0 Å². The number of esters is 1. The highest BCUT2D eigenvalue weighted by Crippen LogP contribution is 2.11. The zero-order valence-electron chi connectivity index (χ0n) is 9.78. The Morgan fingerprint density at radius 1 is 1.33 bits per heavy atom. The summed E-state index contributed by atoms with van der Waals surface area (Å²) in [6.07, 6.45) is 0.990. The van der Waals surface area contributed by atoms with Gasteiger partial charge in [-0.1, -0.05) is 0 Å². The zero-order chi connectivity index (χ0) is 11.5. The first-order chi connectivity index (χ1) is 6.88. The van der Waals surface area contributed by atoms with Gasteiger partial charge in [-0.05, 0) is 46.7 Å². The van der Waals surface area contributed by atoms with E-state index in [-0.39, 0.29) is 6.54 Å². The van der Waals surface area contributed by atoms with Crippen molar-refractivity contribution < 1.29 is 14.6 Å². The van der Waals surface area contributed by atoms with Crippen molar-refractivity contribution in [3.05, 3.63) is 0 Å². The van der Waals surface area contributed by atoms with E-state index in [9.17, 15) is 9.90 Å². The number of likely N-dealkylation sites (tertiary alicyclic amines) is 1. The molecule has 1 atom stereocenters. The van der Waals surface area contributed by atoms with Crippen LogP contribution in [-0.4, -0.2) is 42.2 Å². The Hall–Kier alpha value is -0.610. The van der Waals surface area contributed by atoms with Crippen LogP contribution in [0.3, 0.4) is 0 Å². The van der Waals surface area contributed by atoms with E-state index in [1.54, 1.807) is 20.8 Å². The zero-order valence-corrected chi connectivity index (χ0v) is 9.78. The van der Waals surface area contributed by atoms with Crippen LogP contribution in [0, 0.1) is 0 Å². The third-order valence-corrected chi connectivity index (χ3v) is 2.29. The van der Waals surface area contributed by atoms with Gasteiger partial charge in [0.15, 0.2) is 0 Å². The van der Waals surface area contributed by atoms with Crippen molar-refractivity contribution in [1.29, 1.82) is 0 Å². The second kappa shape index (κ2) is 4.94. The fraction of sp³-hybridized carbons (Fsp3) is 0.909. The molecule has 1 aliphatic rings. The summed E-state index contributed by atoms with van der Waals surface area (Å²) in [4.78, 5) is 13.4. The minimum absolute atomic E-state index is 0.287. The van der Waals surface area contributed by atoms with Gasteiger partial charge in [-0.25, -0.2) is 9.90 Å². The lowest BCUT2D eigenvalue weighted by Crippen LogP contribution is -2.38. The van der Waals surface area contributed by atoms with Gasteiger partial charge in [0.25, 0.3) is 0 Å². The molecule has 0 aromatic rings. The first kappa shape index (κ1) is 12.5. The van der Waals surface area contributed by atoms with Gasteiger partial charge in [0.2, 0.25) is 6.10 Å². The molecule has 0 aromatic heterocycles. The summed E-state index contributed by atoms with van der Waals surface area (Å²) in [5, 5.41) is 11.5. The Bertz CT molecular complexity index is 216. The molecule has 1 saturated heterocycles. The van der Waals surface area contributed by atoms with Gasteiger partial charge in [-0.2, -0.15) is 0 Å². The van der Waals surface area contributed by atoms with E-state index in [0.29, 0.717) is 0 Å². The number of carbonyl (C=O) groups is 1. The molecule has 1 radical (unpaired) electrons. The predicted molar refractivity (Wildman–Crippen MR) is 56.0 cm³/mol. The van der Waals surface area contributed by atoms with E-state index in [4.69, 9.17) is 4.74 Å². The van der Waals surface area contributed by atoms with E-state index in [1.807, 2.05) is 4.90 Å². The van der Waals surface area contributed by atoms with E-state index in [2.05, 4.69) is 0 Å². The standard InChI is InChI=1S/C11H20NO3/c1-11(2,3)15-10(14)9(13)8-12-6-4-5-7-12/h9H,4-8H2,1-3H3/t9-/m0/s1. The van der Waals surface area contributed by atoms with Crippen molar-refractivity contribution in [3.63, 3.8) is 0 Å². The molecule has 0 unspecified atom stereocenters. The number of nitrogens with zero attached hydrogens (tertiary/aromatic N) is 1. The molecule has 4 nitrogen and oxygen atoms in total. The van der Waals surface area contributed by atoms with Gasteiger partial charge >= 0.3 is 5.97 Å². The summed E-state index contributed by atoms with van der Waals surface area (Å²) in [6.45, 7) is 7.46. The number of hydrogen-bond donors (Lipinski definition) is 0. The number of rotatable bonds is 3. The van der Waals surface area contributed by atoms with Crippen LogP contribution >= 0.6 is 0 Å². The highest BCUT2D eigenvalue weighted by Gasteiger charge is 2.27. The Kier molecular flexibility index (Phi) is 4.11. The molecule has 0 saturated carbocycles. The van der Waals surface area contributed by atoms with E-state index < -0.39 is 17.7 Å². The summed E-state index contributed by atoms with van der Waals surface area (Å²) in [5.41, 5.74) is -0.565. The molecule has 1 aliphatic heterocycles. The van der Waals surface area contributed by atoms with Gasteiger partial charge in [0.1, 0.15) is 5.60 Å². The Morgan fingerprint density at radius 2 is 1.87 bits per heavy atom. The maximum absolute atomic E-state index is 11.5. The van der Waals surface area contributed by atoms with Crippen molar-refractivity contribution in [3.8, 4) is 0 Å². The minimum atomic E-state index is -1.26. The number of hydrogen-bond acceptors (Lipinski definition) is 3. The van der Waals surface area contributed by atoms with Crippen molar-refractivity contribution in [2.75, 3.05) is 19.6 Å². The van der Waals surface area contributed by atoms with Crippen LogP contribution in [0.4, 0.5) is 0 Å². The average molecular weight is 214 g/mol. The molecular formula is C11H20NO3. The molecule has 87 valence electrons. The molecule has 0 bridgehead atoms. The average Bonchev–Trinajstić information content (AvgIpc) is 2.53. The molecular weight excluding hydrogens is 194 g/mol. The lowest BCUT2D eigenvalue weighted by molar-refractivity contribution is -0.169. The normalized spacial score (nSPS) is 20.3. The lowest BCUT2D eigenvalue weighted by Gasteiger charge is -2.23. The highest BCUT2D eigenvalue weighted by molar-refractivity contribution is 5.75. The summed E-state index contributed by atoms with van der Waals surface area (Å²) in [5.74, 6) is -0.630. The van der Waals surface area contributed by atoms with Crippen LogP contribution in [0.15, 0.2) is 0 Å². The first-order valence-electron chi connectivity index (χ1n) is 5.49. The van der Waals surface area contributed by atoms with Crippen LogP contribution in [0.5, 0.6) is 0 Å². The maximum atomic E-state index is 11.5. The first-order valence-corrected chi connectivity index (χ1v) is 5.49. The van der Waals surface area contributed by atoms with Crippen LogP contribution in [0.25, 0.3) is 0 Å². The highest BCUT2D eigenvalue weighted by atomic mass is 16.6. The Labute approximate surface area is 91.2 Å². The van der Waals surface area contributed by atoms with E-state index in [1.165, 1.54) is 0 Å². The predicted octanol–water partition coefficient (Wildman–Crippen LogP) is 1.22. The molecule has 4 heteroatoms. The van der Waals surface area contributed by atoms with Crippen molar-refractivity contribution >= 4 is 5.97 Å². The Morgan fingerprint density at radius 3 is 2.33 bits per heavy atom. The smallest absolute Gasteiger partial charge is 0.340 e. The maximum Gasteiger partial charge on any atom is 0.340 e. The summed E-state index contributed by atoms with van der Waals surface area (Å²) in [7, 11) is 0. The van der Waals surface area contributed by atoms with Gasteiger partial charge in [-0.15, -0.1) is 0 Å². The molecule has 0 spiro atoms. The lowest BCUT2D eigenvalue weighted by atomic mass is 10.2. The molecule has 0 aliphatic carbocycles. The molecule has 1 heterocycles. The summed E-state index contributed by atoms with van der Waals surface area (Å²) in [6, 6.07) is 0. The second-order valence-corrected chi connectivity index (χ2v) is 5.03. The number of carbonyl (C=O) groups excluding carboxylic acids is 1. The summed E-state index contributed by atoms with van der Waals surface area (Å²) < 4.78 is 5.03. The van der Waals surface area contributed by atoms with Gasteiger partial charge < -0.3 is 9.64 Å². The Balaban J connectivity index is 2.32. The quantitative estimate of drug-likeness (QED) is 0.664. The fourth-order valence-electron chi connectivity index (χ4n) is 1.64. The molecule has 0 N–H and O–H groups in total. The molecule has 0 amide bonds. The topological polar surface area (TPSA) is 49.4 Å². The van der Waals surface area contributed by atoms with Gasteiger partial charge in [-0.3, -0.25) is 0 Å². The molecule has 15 heavy (non-hydrogen) atoms. The van der Waals surface area contributed by atoms with Crippen LogP contribution in [-0.2, 0) is 14.6 Å². The summed E-state index contributed by atoms with van der Waals surface area (Å²) >= 11 is 0. The van der Waals surface area contributed by atoms with Crippen LogP contribution in [0.2, 0.25) is 0 Å². The molecule has 0 aromatic carbocycles. The van der Waals surface area contributed by atoms with E-state index in [0.717, 1.165) is 25.9 Å². The SMILES string of the molecule is CC(C)(C)OC(=O)[C@@H]([O])CN1CCCC1. The minimum Gasteiger partial charge on any atom is -0.458 e. The third kappa shape index (κ3) is 4.62. The molecule has 1 fully saturated rings. The van der Waals surface area contributed by atoms with Crippen LogP contribution in [0.1, 0.15) is 33.6 Å². The van der Waals surface area contributed by atoms with Crippen molar-refractivity contribution in [2.45, 2.75) is 45.3 Å². The largest absolute Gasteiger partial charge is 0.458 e. The molecule has 1 rings (SSSR count). The fourth-order valence-corrected chi connectivity index (χ4v) is 1.64. The van der Waals surface area contributed by atoms with Gasteiger partial charge in [0, 0.05) is 6.54 Å². The van der Waals surface area contributed by atoms with Crippen molar-refractivity contribution in [1.82, 2.24) is 4.90 Å². The third-order valence-electron chi connectivity index (χ3n) is 2.29. The monoisotopic (exact) mass is 214 g/mol. The number of ether oxygens (including phenoxy) is 1. The van der Waals surface area contributed by atoms with Gasteiger partial charge in [0.05, 0.1) is 0 Å².